The molecule has 3 N–H and O–H groups in total. The van der Waals surface area contributed by atoms with Crippen molar-refractivity contribution in [1.29, 1.82) is 0 Å². The van der Waals surface area contributed by atoms with Gasteiger partial charge in [-0.15, -0.1) is 0 Å². The van der Waals surface area contributed by atoms with Crippen LogP contribution in [0.1, 0.15) is 206 Å². The number of unbranched alkanes of at least 4 members (excludes halogenated alkanes) is 23. The molecule has 2 atom stereocenters. The normalized spacial score (nSPS) is 13.6. The van der Waals surface area contributed by atoms with Crippen molar-refractivity contribution < 1.29 is 37.6 Å². The van der Waals surface area contributed by atoms with E-state index < -0.39 is 26.5 Å². The summed E-state index contributed by atoms with van der Waals surface area (Å²) in [6.07, 6.45) is 45.9. The number of carbonyl (C=O) groups excluding carboxylic acids is 2. The number of phosphoric acid groups is 1. The Kier molecular flexibility index (Phi) is 40.5. The van der Waals surface area contributed by atoms with Gasteiger partial charge in [0.15, 0.2) is 6.10 Å². The molecule has 0 aromatic heterocycles. The van der Waals surface area contributed by atoms with E-state index in [9.17, 15) is 19.0 Å². The third-order valence-corrected chi connectivity index (χ3v) is 10.5. The molecule has 0 rings (SSSR count). The predicted molar refractivity (Wildman–Crippen MR) is 229 cm³/mol. The van der Waals surface area contributed by atoms with Crippen molar-refractivity contribution in [2.24, 2.45) is 5.73 Å². The number of esters is 2. The number of phosphoric ester groups is 1. The molecule has 0 aromatic rings. The second-order valence-corrected chi connectivity index (χ2v) is 16.4. The minimum absolute atomic E-state index is 0.0524. The van der Waals surface area contributed by atoms with Gasteiger partial charge in [-0.3, -0.25) is 18.6 Å². The summed E-state index contributed by atoms with van der Waals surface area (Å²) in [6, 6.07) is 0. The van der Waals surface area contributed by atoms with Crippen molar-refractivity contribution in [3.63, 3.8) is 0 Å². The van der Waals surface area contributed by atoms with Gasteiger partial charge in [-0.05, 0) is 64.2 Å². The molecule has 1 unspecified atom stereocenters. The first kappa shape index (κ1) is 53.2. The Balaban J connectivity index is 4.12. The van der Waals surface area contributed by atoms with E-state index in [1.165, 1.54) is 122 Å². The quantitative estimate of drug-likeness (QED) is 0.0268. The van der Waals surface area contributed by atoms with Crippen molar-refractivity contribution in [3.05, 3.63) is 36.5 Å². The second kappa shape index (κ2) is 41.9. The fourth-order valence-electron chi connectivity index (χ4n) is 6.12. The molecule has 0 saturated heterocycles. The maximum atomic E-state index is 12.6. The number of carbonyl (C=O) groups is 2. The second-order valence-electron chi connectivity index (χ2n) is 14.9. The van der Waals surface area contributed by atoms with Crippen LogP contribution in [0, 0.1) is 0 Å². The molecule has 0 aromatic carbocycles. The minimum Gasteiger partial charge on any atom is -0.462 e. The zero-order chi connectivity index (χ0) is 40.3. The van der Waals surface area contributed by atoms with Crippen LogP contribution in [0.15, 0.2) is 36.5 Å². The maximum absolute atomic E-state index is 12.6. The van der Waals surface area contributed by atoms with E-state index in [0.717, 1.165) is 51.4 Å². The number of ether oxygens (including phenoxy) is 2. The van der Waals surface area contributed by atoms with E-state index in [-0.39, 0.29) is 38.6 Å². The van der Waals surface area contributed by atoms with Crippen molar-refractivity contribution in [2.45, 2.75) is 213 Å². The molecule has 0 radical (unpaired) electrons. The van der Waals surface area contributed by atoms with E-state index in [2.05, 4.69) is 50.3 Å². The predicted octanol–water partition coefficient (Wildman–Crippen LogP) is 12.9. The molecule has 55 heavy (non-hydrogen) atoms. The highest BCUT2D eigenvalue weighted by molar-refractivity contribution is 7.47. The highest BCUT2D eigenvalue weighted by Crippen LogP contribution is 2.43. The Labute approximate surface area is 337 Å². The molecule has 0 amide bonds. The molecule has 9 nitrogen and oxygen atoms in total. The molecule has 0 heterocycles. The number of allylic oxidation sites excluding steroid dienone is 6. The van der Waals surface area contributed by atoms with Gasteiger partial charge >= 0.3 is 19.8 Å². The Morgan fingerprint density at radius 3 is 1.45 bits per heavy atom. The van der Waals surface area contributed by atoms with Gasteiger partial charge in [-0.2, -0.15) is 0 Å². The summed E-state index contributed by atoms with van der Waals surface area (Å²) in [5, 5.41) is 0. The van der Waals surface area contributed by atoms with Crippen LogP contribution in [-0.4, -0.2) is 49.3 Å². The smallest absolute Gasteiger partial charge is 0.462 e. The number of hydrogen-bond acceptors (Lipinski definition) is 8. The minimum atomic E-state index is -4.38. The highest BCUT2D eigenvalue weighted by atomic mass is 31.2. The van der Waals surface area contributed by atoms with Crippen LogP contribution in [0.4, 0.5) is 0 Å². The molecule has 322 valence electrons. The van der Waals surface area contributed by atoms with E-state index in [4.69, 9.17) is 24.3 Å². The Hall–Kier alpha value is -1.77. The first-order chi connectivity index (χ1) is 26.8. The Bertz CT molecular complexity index is 1000. The van der Waals surface area contributed by atoms with Gasteiger partial charge < -0.3 is 20.1 Å². The fourth-order valence-corrected chi connectivity index (χ4v) is 6.88. The van der Waals surface area contributed by atoms with Gasteiger partial charge in [-0.1, -0.05) is 166 Å². The SMILES string of the molecule is CCCC/C=C/CCCCCCCCCCCC(=O)OC[C@H](COP(=O)(O)OCCN)OC(=O)CCCCCCCCCCC/C=C/C/C=C/CCCCC. The van der Waals surface area contributed by atoms with Crippen molar-refractivity contribution >= 4 is 19.8 Å². The average Bonchev–Trinajstić information content (AvgIpc) is 3.17. The first-order valence-corrected chi connectivity index (χ1v) is 24.0. The van der Waals surface area contributed by atoms with Crippen LogP contribution in [0.2, 0.25) is 0 Å². The summed E-state index contributed by atoms with van der Waals surface area (Å²) < 4.78 is 32.8. The standard InChI is InChI=1S/C45H84NO8P/c1-3-5-7-9-11-13-15-17-19-20-21-22-24-26-28-30-32-34-36-38-45(48)54-43(42-53-55(49,50)52-40-39-46)41-51-44(47)37-35-33-31-29-27-25-23-18-16-14-12-10-8-6-4-2/h10-13,17,19,43H,3-9,14-16,18,20-42,46H2,1-2H3,(H,49,50)/b12-10+,13-11+,19-17+/t43-/m1/s1. The van der Waals surface area contributed by atoms with E-state index in [1.807, 2.05) is 0 Å². The number of rotatable bonds is 42. The van der Waals surface area contributed by atoms with Gasteiger partial charge in [-0.25, -0.2) is 4.57 Å². The van der Waals surface area contributed by atoms with Crippen LogP contribution in [0.5, 0.6) is 0 Å². The zero-order valence-electron chi connectivity index (χ0n) is 35.4. The van der Waals surface area contributed by atoms with Gasteiger partial charge in [0.25, 0.3) is 0 Å². The molecule has 10 heteroatoms. The van der Waals surface area contributed by atoms with Crippen LogP contribution in [-0.2, 0) is 32.7 Å². The summed E-state index contributed by atoms with van der Waals surface area (Å²) in [4.78, 5) is 34.9. The van der Waals surface area contributed by atoms with Crippen LogP contribution in [0.25, 0.3) is 0 Å². The van der Waals surface area contributed by atoms with Gasteiger partial charge in [0.05, 0.1) is 13.2 Å². The topological polar surface area (TPSA) is 134 Å². The summed E-state index contributed by atoms with van der Waals surface area (Å²) in [6.45, 7) is 3.68. The lowest BCUT2D eigenvalue weighted by atomic mass is 10.1. The summed E-state index contributed by atoms with van der Waals surface area (Å²) in [5.74, 6) is -0.832. The maximum Gasteiger partial charge on any atom is 0.472 e. The third-order valence-electron chi connectivity index (χ3n) is 9.50. The summed E-state index contributed by atoms with van der Waals surface area (Å²) in [7, 11) is -4.38. The summed E-state index contributed by atoms with van der Waals surface area (Å²) >= 11 is 0. The molecule has 0 saturated carbocycles. The van der Waals surface area contributed by atoms with Crippen molar-refractivity contribution in [2.75, 3.05) is 26.4 Å². The van der Waals surface area contributed by atoms with Crippen molar-refractivity contribution in [1.82, 2.24) is 0 Å². The highest BCUT2D eigenvalue weighted by Gasteiger charge is 2.26. The van der Waals surface area contributed by atoms with E-state index in [1.54, 1.807) is 0 Å². The molecule has 0 bridgehead atoms. The van der Waals surface area contributed by atoms with Crippen LogP contribution < -0.4 is 5.73 Å². The van der Waals surface area contributed by atoms with Crippen LogP contribution >= 0.6 is 7.82 Å². The molecule has 0 aliphatic heterocycles. The van der Waals surface area contributed by atoms with Gasteiger partial charge in [0.1, 0.15) is 6.61 Å². The fraction of sp³-hybridized carbons (Fsp3) is 0.822. The van der Waals surface area contributed by atoms with E-state index >= 15 is 0 Å². The van der Waals surface area contributed by atoms with Gasteiger partial charge in [0, 0.05) is 19.4 Å². The van der Waals surface area contributed by atoms with Crippen molar-refractivity contribution in [3.8, 4) is 0 Å². The lowest BCUT2D eigenvalue weighted by molar-refractivity contribution is -0.161. The number of hydrogen-bond donors (Lipinski definition) is 2. The molecular formula is C45H84NO8P. The van der Waals surface area contributed by atoms with Gasteiger partial charge in [0.2, 0.25) is 0 Å². The molecule has 0 aliphatic carbocycles. The molecule has 0 fully saturated rings. The third kappa shape index (κ3) is 41.7. The molecular weight excluding hydrogens is 713 g/mol. The zero-order valence-corrected chi connectivity index (χ0v) is 36.3. The first-order valence-electron chi connectivity index (χ1n) is 22.5. The largest absolute Gasteiger partial charge is 0.472 e. The average molecular weight is 798 g/mol. The lowest BCUT2D eigenvalue weighted by Gasteiger charge is -2.19. The lowest BCUT2D eigenvalue weighted by Crippen LogP contribution is -2.29. The summed E-state index contributed by atoms with van der Waals surface area (Å²) in [5.41, 5.74) is 5.35. The molecule has 0 spiro atoms. The van der Waals surface area contributed by atoms with Crippen LogP contribution in [0.3, 0.4) is 0 Å². The van der Waals surface area contributed by atoms with E-state index in [0.29, 0.717) is 6.42 Å². The monoisotopic (exact) mass is 798 g/mol. The Morgan fingerprint density at radius 2 is 0.964 bits per heavy atom. The molecule has 0 aliphatic rings. The Morgan fingerprint density at radius 1 is 0.545 bits per heavy atom. The number of nitrogens with two attached hydrogens (primary N) is 1.